The van der Waals surface area contributed by atoms with Crippen LogP contribution in [0.5, 0.6) is 0 Å². The number of aromatic amines is 1. The van der Waals surface area contributed by atoms with Crippen LogP contribution in [0.1, 0.15) is 16.2 Å². The molecule has 4 aromatic rings. The van der Waals surface area contributed by atoms with Crippen molar-refractivity contribution >= 4 is 23.1 Å². The topological polar surface area (TPSA) is 106 Å². The minimum absolute atomic E-state index is 0.168. The first-order chi connectivity index (χ1) is 12.6. The zero-order valence-corrected chi connectivity index (χ0v) is 14.4. The molecule has 0 aromatic carbocycles. The number of hydrogen-bond donors (Lipinski definition) is 2. The van der Waals surface area contributed by atoms with E-state index in [1.54, 1.807) is 25.1 Å². The number of anilines is 1. The summed E-state index contributed by atoms with van der Waals surface area (Å²) in [4.78, 5) is 32.0. The quantitative estimate of drug-likeness (QED) is 0.577. The molecular formula is C17H13N5O3S. The molecule has 0 saturated carbocycles. The van der Waals surface area contributed by atoms with E-state index < -0.39 is 5.91 Å². The van der Waals surface area contributed by atoms with E-state index in [4.69, 9.17) is 4.42 Å². The Labute approximate surface area is 151 Å². The number of nitrogens with zero attached hydrogens (tertiary/aromatic N) is 3. The van der Waals surface area contributed by atoms with Crippen LogP contribution in [-0.4, -0.2) is 25.7 Å². The maximum Gasteiger partial charge on any atom is 0.292 e. The summed E-state index contributed by atoms with van der Waals surface area (Å²) < 4.78 is 6.51. The second-order valence-corrected chi connectivity index (χ2v) is 6.39. The minimum atomic E-state index is -0.427. The second kappa shape index (κ2) is 6.45. The third kappa shape index (κ3) is 3.07. The Morgan fingerprint density at radius 3 is 2.88 bits per heavy atom. The van der Waals surface area contributed by atoms with Crippen molar-refractivity contribution in [3.05, 3.63) is 69.8 Å². The number of furan rings is 1. The van der Waals surface area contributed by atoms with Gasteiger partial charge in [0.15, 0.2) is 5.76 Å². The molecule has 4 aromatic heterocycles. The van der Waals surface area contributed by atoms with Gasteiger partial charge in [-0.3, -0.25) is 14.6 Å². The van der Waals surface area contributed by atoms with E-state index in [9.17, 15) is 9.59 Å². The highest BCUT2D eigenvalue weighted by Crippen LogP contribution is 2.27. The molecule has 0 radical (unpaired) electrons. The predicted molar refractivity (Wildman–Crippen MR) is 96.7 cm³/mol. The molecule has 130 valence electrons. The monoisotopic (exact) mass is 367 g/mol. The number of amides is 1. The summed E-state index contributed by atoms with van der Waals surface area (Å²) in [6.07, 6.45) is 1.42. The third-order valence-corrected chi connectivity index (χ3v) is 4.42. The van der Waals surface area contributed by atoms with Gasteiger partial charge in [-0.25, -0.2) is 4.98 Å². The van der Waals surface area contributed by atoms with Gasteiger partial charge in [0, 0.05) is 17.8 Å². The fraction of sp³-hybridized carbons (Fsp3) is 0.0588. The number of aromatic nitrogens is 4. The largest absolute Gasteiger partial charge is 0.459 e. The number of carbonyl (C=O) groups is 1. The summed E-state index contributed by atoms with van der Waals surface area (Å²) in [7, 11) is 0. The van der Waals surface area contributed by atoms with Crippen molar-refractivity contribution < 1.29 is 9.21 Å². The highest BCUT2D eigenvalue weighted by atomic mass is 32.1. The molecule has 0 bridgehead atoms. The van der Waals surface area contributed by atoms with Crippen LogP contribution in [0.3, 0.4) is 0 Å². The van der Waals surface area contributed by atoms with Crippen molar-refractivity contribution in [1.29, 1.82) is 0 Å². The zero-order valence-electron chi connectivity index (χ0n) is 13.6. The summed E-state index contributed by atoms with van der Waals surface area (Å²) in [5.41, 5.74) is 0.892. The molecule has 0 aliphatic heterocycles. The molecular weight excluding hydrogens is 354 g/mol. The van der Waals surface area contributed by atoms with Crippen molar-refractivity contribution in [2.45, 2.75) is 6.92 Å². The van der Waals surface area contributed by atoms with Gasteiger partial charge in [0.05, 0.1) is 11.1 Å². The Morgan fingerprint density at radius 1 is 1.31 bits per heavy atom. The molecule has 8 nitrogen and oxygen atoms in total. The van der Waals surface area contributed by atoms with E-state index in [1.807, 2.05) is 17.5 Å². The molecule has 26 heavy (non-hydrogen) atoms. The highest BCUT2D eigenvalue weighted by molar-refractivity contribution is 7.13. The number of thiophene rings is 1. The molecule has 0 saturated heterocycles. The molecule has 0 unspecified atom stereocenters. The summed E-state index contributed by atoms with van der Waals surface area (Å²) in [6.45, 7) is 1.71. The lowest BCUT2D eigenvalue weighted by Crippen LogP contribution is -2.18. The number of hydrogen-bond acceptors (Lipinski definition) is 6. The average Bonchev–Trinajstić information content (AvgIpc) is 3.35. The maximum atomic E-state index is 12.4. The Balaban J connectivity index is 1.80. The van der Waals surface area contributed by atoms with Gasteiger partial charge in [0.2, 0.25) is 5.95 Å². The van der Waals surface area contributed by atoms with Crippen LogP contribution in [0.2, 0.25) is 0 Å². The molecule has 4 heterocycles. The lowest BCUT2D eigenvalue weighted by molar-refractivity contribution is 0.0996. The first-order valence-electron chi connectivity index (χ1n) is 7.67. The molecule has 1 amide bonds. The van der Waals surface area contributed by atoms with Crippen LogP contribution < -0.4 is 10.9 Å². The van der Waals surface area contributed by atoms with Crippen LogP contribution in [0.15, 0.2) is 57.3 Å². The van der Waals surface area contributed by atoms with Crippen LogP contribution in [0.4, 0.5) is 5.82 Å². The Morgan fingerprint density at radius 2 is 2.19 bits per heavy atom. The van der Waals surface area contributed by atoms with E-state index in [2.05, 4.69) is 20.4 Å². The van der Waals surface area contributed by atoms with Crippen molar-refractivity contribution in [3.8, 4) is 16.5 Å². The number of H-pyrrole nitrogens is 1. The van der Waals surface area contributed by atoms with Crippen molar-refractivity contribution in [2.75, 3.05) is 5.32 Å². The fourth-order valence-electron chi connectivity index (χ4n) is 2.43. The summed E-state index contributed by atoms with van der Waals surface area (Å²) in [5, 5.41) is 9.16. The number of nitrogens with one attached hydrogen (secondary N) is 2. The molecule has 0 spiro atoms. The van der Waals surface area contributed by atoms with E-state index in [1.165, 1.54) is 28.3 Å². The normalized spacial score (nSPS) is 10.8. The number of carbonyl (C=O) groups excluding carboxylic acids is 1. The summed E-state index contributed by atoms with van der Waals surface area (Å²) in [5.74, 6) is 0.320. The minimum Gasteiger partial charge on any atom is -0.459 e. The number of rotatable bonds is 4. The number of aryl methyl sites for hydroxylation is 1. The lowest BCUT2D eigenvalue weighted by Gasteiger charge is -2.07. The Kier molecular flexibility index (Phi) is 3.98. The van der Waals surface area contributed by atoms with E-state index in [-0.39, 0.29) is 17.3 Å². The van der Waals surface area contributed by atoms with E-state index in [0.717, 1.165) is 4.88 Å². The fourth-order valence-corrected chi connectivity index (χ4v) is 3.11. The molecule has 9 heteroatoms. The maximum absolute atomic E-state index is 12.4. The molecule has 0 atom stereocenters. The van der Waals surface area contributed by atoms with Gasteiger partial charge in [-0.2, -0.15) is 9.78 Å². The van der Waals surface area contributed by atoms with Gasteiger partial charge in [-0.15, -0.1) is 11.3 Å². The predicted octanol–water partition coefficient (Wildman–Crippen LogP) is 2.84. The van der Waals surface area contributed by atoms with Crippen LogP contribution in [-0.2, 0) is 0 Å². The van der Waals surface area contributed by atoms with Crippen molar-refractivity contribution in [2.24, 2.45) is 0 Å². The van der Waals surface area contributed by atoms with Crippen LogP contribution in [0, 0.1) is 6.92 Å². The van der Waals surface area contributed by atoms with Crippen LogP contribution >= 0.6 is 11.3 Å². The van der Waals surface area contributed by atoms with Crippen LogP contribution in [0.25, 0.3) is 16.5 Å². The molecule has 0 aliphatic rings. The molecule has 0 aliphatic carbocycles. The van der Waals surface area contributed by atoms with Gasteiger partial charge >= 0.3 is 0 Å². The Bertz CT molecular complexity index is 1110. The van der Waals surface area contributed by atoms with Crippen molar-refractivity contribution in [1.82, 2.24) is 19.7 Å². The second-order valence-electron chi connectivity index (χ2n) is 5.45. The molecule has 2 N–H and O–H groups in total. The van der Waals surface area contributed by atoms with Gasteiger partial charge < -0.3 is 9.73 Å². The standard InChI is InChI=1S/C17H13N5O3S/c1-10-8-15(23)20-17(18-10)22-14(19-16(24)12-4-2-6-25-12)9-11(21-22)13-5-3-7-26-13/h2-9H,1H3,(H,19,24)(H,18,20,23). The zero-order chi connectivity index (χ0) is 18.1. The summed E-state index contributed by atoms with van der Waals surface area (Å²) >= 11 is 1.52. The van der Waals surface area contributed by atoms with Gasteiger partial charge in [-0.1, -0.05) is 6.07 Å². The first-order valence-corrected chi connectivity index (χ1v) is 8.55. The van der Waals surface area contributed by atoms with Gasteiger partial charge in [0.1, 0.15) is 11.5 Å². The SMILES string of the molecule is Cc1cc(=O)[nH]c(-n2nc(-c3cccs3)cc2NC(=O)c2ccco2)n1. The van der Waals surface area contributed by atoms with E-state index in [0.29, 0.717) is 17.2 Å². The summed E-state index contributed by atoms with van der Waals surface area (Å²) in [6, 6.07) is 10.1. The Hall–Kier alpha value is -3.46. The smallest absolute Gasteiger partial charge is 0.292 e. The lowest BCUT2D eigenvalue weighted by atomic mass is 10.3. The van der Waals surface area contributed by atoms with Gasteiger partial charge in [0.25, 0.3) is 11.5 Å². The van der Waals surface area contributed by atoms with Crippen molar-refractivity contribution in [3.63, 3.8) is 0 Å². The van der Waals surface area contributed by atoms with E-state index >= 15 is 0 Å². The van der Waals surface area contributed by atoms with Gasteiger partial charge in [-0.05, 0) is 30.5 Å². The molecule has 0 fully saturated rings. The highest BCUT2D eigenvalue weighted by Gasteiger charge is 2.18. The molecule has 4 rings (SSSR count). The average molecular weight is 367 g/mol. The first kappa shape index (κ1) is 16.0. The third-order valence-electron chi connectivity index (χ3n) is 3.53.